The minimum atomic E-state index is -2.96. The van der Waals surface area contributed by atoms with E-state index in [1.807, 2.05) is 13.8 Å². The monoisotopic (exact) mass is 438 g/mol. The Morgan fingerprint density at radius 2 is 1.96 bits per heavy atom. The van der Waals surface area contributed by atoms with Crippen molar-refractivity contribution >= 4 is 44.8 Å². The summed E-state index contributed by atoms with van der Waals surface area (Å²) in [5.41, 5.74) is 2.36. The third-order valence-corrected chi connectivity index (χ3v) is 9.81. The number of hydrogen-bond acceptors (Lipinski definition) is 6. The van der Waals surface area contributed by atoms with Gasteiger partial charge in [-0.3, -0.25) is 23.4 Å². The zero-order chi connectivity index (χ0) is 20.2. The van der Waals surface area contributed by atoms with Crippen molar-refractivity contribution in [2.45, 2.75) is 32.2 Å². The van der Waals surface area contributed by atoms with Gasteiger partial charge in [0.05, 0.1) is 10.6 Å². The molecule has 0 aliphatic carbocycles. The number of rotatable bonds is 3. The number of carbonyl (C=O) groups excluding carboxylic acids is 1. The van der Waals surface area contributed by atoms with Crippen LogP contribution in [0.15, 0.2) is 26.9 Å². The highest BCUT2D eigenvalue weighted by Gasteiger charge is 2.36. The number of benzene rings is 1. The van der Waals surface area contributed by atoms with Crippen molar-refractivity contribution in [3.8, 4) is 0 Å². The van der Waals surface area contributed by atoms with E-state index in [1.165, 1.54) is 10.9 Å². The summed E-state index contributed by atoms with van der Waals surface area (Å²) in [6.07, 6.45) is 1.45. The summed E-state index contributed by atoms with van der Waals surface area (Å²) in [7, 11) is -2.96. The Morgan fingerprint density at radius 1 is 1.25 bits per heavy atom. The Labute approximate surface area is 173 Å². The van der Waals surface area contributed by atoms with E-state index in [0.29, 0.717) is 28.1 Å². The van der Waals surface area contributed by atoms with Crippen LogP contribution in [0, 0.1) is 13.8 Å². The molecule has 9 heteroatoms. The summed E-state index contributed by atoms with van der Waals surface area (Å²) in [6.45, 7) is 5.93. The van der Waals surface area contributed by atoms with Gasteiger partial charge in [-0.05, 0) is 38.0 Å². The van der Waals surface area contributed by atoms with Gasteiger partial charge < -0.3 is 5.10 Å². The Bertz CT molecular complexity index is 1080. The van der Waals surface area contributed by atoms with Crippen LogP contribution in [-0.4, -0.2) is 41.9 Å². The number of H-pyrrole nitrogens is 1. The number of aromatic nitrogens is 2. The molecule has 0 radical (unpaired) electrons. The van der Waals surface area contributed by atoms with E-state index < -0.39 is 10.6 Å². The maximum atomic E-state index is 13.2. The summed E-state index contributed by atoms with van der Waals surface area (Å²) in [6, 6.07) is 1.69. The molecule has 3 heterocycles. The van der Waals surface area contributed by atoms with Gasteiger partial charge in [-0.2, -0.15) is 10.6 Å². The van der Waals surface area contributed by atoms with E-state index in [-0.39, 0.29) is 22.7 Å². The lowest BCUT2D eigenvalue weighted by molar-refractivity contribution is 0.103. The SMILES string of the molecule is CCn1[nH]cc(C(=O)c2cc(C)c3c(c2C)C2=C(CS3(O)O)SCCS2)c1=O. The van der Waals surface area contributed by atoms with Gasteiger partial charge in [-0.25, -0.2) is 0 Å². The molecular weight excluding hydrogens is 416 g/mol. The number of fused-ring (bicyclic) bond motifs is 2. The van der Waals surface area contributed by atoms with Crippen LogP contribution in [-0.2, 0) is 6.54 Å². The molecule has 1 aromatic carbocycles. The third-order valence-electron chi connectivity index (χ3n) is 5.12. The number of thioether (sulfide) groups is 2. The smallest absolute Gasteiger partial charge is 0.277 e. The van der Waals surface area contributed by atoms with Crippen molar-refractivity contribution in [1.82, 2.24) is 9.78 Å². The van der Waals surface area contributed by atoms with E-state index >= 15 is 0 Å². The van der Waals surface area contributed by atoms with Crippen molar-refractivity contribution in [3.63, 3.8) is 0 Å². The second kappa shape index (κ2) is 7.14. The Kier molecular flexibility index (Phi) is 5.08. The fourth-order valence-corrected chi connectivity index (χ4v) is 8.93. The normalized spacial score (nSPS) is 19.2. The second-order valence-corrected chi connectivity index (χ2v) is 11.2. The number of aryl methyl sites for hydroxylation is 2. The molecule has 0 spiro atoms. The highest BCUT2D eigenvalue weighted by Crippen LogP contribution is 2.63. The van der Waals surface area contributed by atoms with Gasteiger partial charge in [-0.15, -0.1) is 23.5 Å². The zero-order valence-corrected chi connectivity index (χ0v) is 18.3. The van der Waals surface area contributed by atoms with Gasteiger partial charge >= 0.3 is 0 Å². The Hall–Kier alpha value is -1.39. The minimum Gasteiger partial charge on any atom is -0.302 e. The Balaban J connectivity index is 1.95. The van der Waals surface area contributed by atoms with Crippen LogP contribution in [0.2, 0.25) is 0 Å². The molecule has 0 fully saturated rings. The highest BCUT2D eigenvalue weighted by atomic mass is 32.3. The molecule has 2 aliphatic rings. The zero-order valence-electron chi connectivity index (χ0n) is 15.9. The van der Waals surface area contributed by atoms with Crippen molar-refractivity contribution in [2.75, 3.05) is 17.3 Å². The lowest BCUT2D eigenvalue weighted by atomic mass is 9.93. The first-order valence-electron chi connectivity index (χ1n) is 8.98. The van der Waals surface area contributed by atoms with Crippen molar-refractivity contribution in [1.29, 1.82) is 0 Å². The molecule has 2 aliphatic heterocycles. The molecule has 28 heavy (non-hydrogen) atoms. The van der Waals surface area contributed by atoms with Crippen molar-refractivity contribution < 1.29 is 13.9 Å². The molecule has 0 atom stereocenters. The molecule has 6 nitrogen and oxygen atoms in total. The number of aromatic amines is 1. The molecule has 1 aromatic heterocycles. The van der Waals surface area contributed by atoms with Gasteiger partial charge in [0.1, 0.15) is 5.56 Å². The fourth-order valence-electron chi connectivity index (χ4n) is 3.80. The summed E-state index contributed by atoms with van der Waals surface area (Å²) in [4.78, 5) is 28.2. The average Bonchev–Trinajstić information content (AvgIpc) is 3.03. The molecular formula is C19H22N2O4S3. The molecule has 0 amide bonds. The van der Waals surface area contributed by atoms with Crippen LogP contribution in [0.1, 0.15) is 39.5 Å². The molecule has 2 aromatic rings. The first-order valence-corrected chi connectivity index (χ1v) is 12.7. The van der Waals surface area contributed by atoms with Crippen LogP contribution in [0.4, 0.5) is 0 Å². The topological polar surface area (TPSA) is 95.3 Å². The van der Waals surface area contributed by atoms with Crippen LogP contribution in [0.3, 0.4) is 0 Å². The first-order chi connectivity index (χ1) is 13.3. The molecule has 0 saturated carbocycles. The van der Waals surface area contributed by atoms with Gasteiger partial charge in [-0.1, -0.05) is 0 Å². The second-order valence-electron chi connectivity index (χ2n) is 6.90. The third kappa shape index (κ3) is 3.00. The summed E-state index contributed by atoms with van der Waals surface area (Å²) < 4.78 is 23.1. The minimum absolute atomic E-state index is 0.103. The van der Waals surface area contributed by atoms with E-state index in [2.05, 4.69) is 5.10 Å². The van der Waals surface area contributed by atoms with Gasteiger partial charge in [0, 0.05) is 45.2 Å². The van der Waals surface area contributed by atoms with Crippen molar-refractivity contribution in [2.24, 2.45) is 0 Å². The average molecular weight is 439 g/mol. The molecule has 3 N–H and O–H groups in total. The molecule has 0 unspecified atom stereocenters. The summed E-state index contributed by atoms with van der Waals surface area (Å²) in [5, 5.41) is 2.82. The quantitative estimate of drug-likeness (QED) is 0.618. The molecule has 0 saturated heterocycles. The maximum Gasteiger partial charge on any atom is 0.277 e. The van der Waals surface area contributed by atoms with E-state index in [4.69, 9.17) is 0 Å². The predicted octanol–water partition coefficient (Wildman–Crippen LogP) is 4.32. The fraction of sp³-hybridized carbons (Fsp3) is 0.368. The van der Waals surface area contributed by atoms with Crippen LogP contribution >= 0.6 is 34.1 Å². The molecule has 0 bridgehead atoms. The predicted molar refractivity (Wildman–Crippen MR) is 118 cm³/mol. The summed E-state index contributed by atoms with van der Waals surface area (Å²) >= 11 is 3.37. The number of ketones is 1. The van der Waals surface area contributed by atoms with Crippen LogP contribution in [0.25, 0.3) is 4.91 Å². The van der Waals surface area contributed by atoms with Crippen LogP contribution < -0.4 is 5.56 Å². The largest absolute Gasteiger partial charge is 0.302 e. The molecule has 4 rings (SSSR count). The van der Waals surface area contributed by atoms with E-state index in [9.17, 15) is 18.7 Å². The molecule has 150 valence electrons. The number of nitrogens with one attached hydrogen (secondary N) is 1. The summed E-state index contributed by atoms with van der Waals surface area (Å²) in [5.74, 6) is 1.79. The van der Waals surface area contributed by atoms with Gasteiger partial charge in [0.25, 0.3) is 5.56 Å². The van der Waals surface area contributed by atoms with Gasteiger partial charge in [0.15, 0.2) is 5.78 Å². The van der Waals surface area contributed by atoms with E-state index in [1.54, 1.807) is 36.5 Å². The number of hydrogen-bond donors (Lipinski definition) is 3. The lowest BCUT2D eigenvalue weighted by Gasteiger charge is -2.42. The van der Waals surface area contributed by atoms with Gasteiger partial charge in [0.2, 0.25) is 0 Å². The number of nitrogens with zero attached hydrogens (tertiary/aromatic N) is 1. The first kappa shape index (κ1) is 19.9. The lowest BCUT2D eigenvalue weighted by Crippen LogP contribution is -2.23. The van der Waals surface area contributed by atoms with Crippen molar-refractivity contribution in [3.05, 3.63) is 55.3 Å². The van der Waals surface area contributed by atoms with E-state index in [0.717, 1.165) is 26.9 Å². The standard InChI is InChI=1S/C19H22N2O4S3/c1-4-21-19(23)13(8-20-21)16(22)12-7-10(2)18-15(11(12)3)17-14(9-28(18,24)25)26-5-6-27-17/h7-8,20,24-25H,4-6,9H2,1-3H3. The van der Waals surface area contributed by atoms with Crippen LogP contribution in [0.5, 0.6) is 0 Å². The highest BCUT2D eigenvalue weighted by molar-refractivity contribution is 8.26. The maximum absolute atomic E-state index is 13.2. The Morgan fingerprint density at radius 3 is 2.64 bits per heavy atom. The number of carbonyl (C=O) groups is 1.